The fraction of sp³-hybridized carbons (Fsp3) is 0.211. The SMILES string of the molecule is O=C(Cn1c(=O)[nH]c2ccccc2c1=O)N[C@@H]1COc2ccccc2C1. The number of hydrogen-bond donors (Lipinski definition) is 2. The highest BCUT2D eigenvalue weighted by atomic mass is 16.5. The molecule has 0 fully saturated rings. The Kier molecular flexibility index (Phi) is 4.04. The van der Waals surface area contributed by atoms with Crippen LogP contribution in [0.25, 0.3) is 10.9 Å². The summed E-state index contributed by atoms with van der Waals surface area (Å²) >= 11 is 0. The monoisotopic (exact) mass is 351 g/mol. The van der Waals surface area contributed by atoms with Crippen molar-refractivity contribution in [1.29, 1.82) is 0 Å². The Morgan fingerprint density at radius 3 is 2.81 bits per heavy atom. The first-order valence-electron chi connectivity index (χ1n) is 8.34. The molecule has 0 bridgehead atoms. The van der Waals surface area contributed by atoms with Gasteiger partial charge in [-0.1, -0.05) is 30.3 Å². The maximum absolute atomic E-state index is 12.5. The molecule has 0 saturated carbocycles. The second kappa shape index (κ2) is 6.51. The van der Waals surface area contributed by atoms with Crippen molar-refractivity contribution >= 4 is 16.8 Å². The van der Waals surface area contributed by atoms with E-state index in [2.05, 4.69) is 10.3 Å². The number of hydrogen-bond acceptors (Lipinski definition) is 4. The van der Waals surface area contributed by atoms with Crippen molar-refractivity contribution in [2.24, 2.45) is 0 Å². The first-order valence-corrected chi connectivity index (χ1v) is 8.34. The summed E-state index contributed by atoms with van der Waals surface area (Å²) in [6.45, 7) is 0.0167. The summed E-state index contributed by atoms with van der Waals surface area (Å²) in [5.41, 5.74) is 0.389. The van der Waals surface area contributed by atoms with Crippen molar-refractivity contribution in [3.8, 4) is 5.75 Å². The van der Waals surface area contributed by atoms with Crippen LogP contribution in [0, 0.1) is 0 Å². The minimum absolute atomic E-state index is 0.201. The van der Waals surface area contributed by atoms with Crippen LogP contribution in [0.3, 0.4) is 0 Å². The molecule has 7 nitrogen and oxygen atoms in total. The van der Waals surface area contributed by atoms with Gasteiger partial charge in [0.1, 0.15) is 18.9 Å². The van der Waals surface area contributed by atoms with Crippen LogP contribution in [0.5, 0.6) is 5.75 Å². The largest absolute Gasteiger partial charge is 0.491 e. The molecule has 0 radical (unpaired) electrons. The number of carbonyl (C=O) groups is 1. The molecule has 3 aromatic rings. The van der Waals surface area contributed by atoms with Crippen LogP contribution in [-0.2, 0) is 17.8 Å². The molecule has 2 heterocycles. The number of rotatable bonds is 3. The molecule has 26 heavy (non-hydrogen) atoms. The van der Waals surface area contributed by atoms with Crippen molar-refractivity contribution in [2.75, 3.05) is 6.61 Å². The van der Waals surface area contributed by atoms with Gasteiger partial charge in [-0.3, -0.25) is 14.2 Å². The average molecular weight is 351 g/mol. The van der Waals surface area contributed by atoms with Gasteiger partial charge >= 0.3 is 5.69 Å². The number of aromatic amines is 1. The normalized spacial score (nSPS) is 15.9. The molecule has 2 N–H and O–H groups in total. The number of amides is 1. The second-order valence-corrected chi connectivity index (χ2v) is 6.25. The molecule has 1 amide bonds. The van der Waals surface area contributed by atoms with E-state index in [0.29, 0.717) is 23.9 Å². The molecular formula is C19H17N3O4. The molecule has 0 saturated heterocycles. The summed E-state index contributed by atoms with van der Waals surface area (Å²) in [6.07, 6.45) is 0.644. The van der Waals surface area contributed by atoms with Crippen molar-refractivity contribution in [2.45, 2.75) is 19.0 Å². The Balaban J connectivity index is 1.52. The summed E-state index contributed by atoms with van der Waals surface area (Å²) in [4.78, 5) is 39.6. The maximum atomic E-state index is 12.5. The lowest BCUT2D eigenvalue weighted by atomic mass is 10.0. The number of H-pyrrole nitrogens is 1. The number of aromatic nitrogens is 2. The summed E-state index contributed by atoms with van der Waals surface area (Å²) in [6, 6.07) is 14.2. The number of nitrogens with one attached hydrogen (secondary N) is 2. The van der Waals surface area contributed by atoms with Crippen LogP contribution >= 0.6 is 0 Å². The van der Waals surface area contributed by atoms with Gasteiger partial charge in [0.2, 0.25) is 5.91 Å². The molecule has 1 aliphatic heterocycles. The Morgan fingerprint density at radius 1 is 1.15 bits per heavy atom. The molecule has 1 aromatic heterocycles. The molecule has 0 spiro atoms. The van der Waals surface area contributed by atoms with Crippen LogP contribution in [0.2, 0.25) is 0 Å². The van der Waals surface area contributed by atoms with E-state index >= 15 is 0 Å². The third-order valence-corrected chi connectivity index (χ3v) is 4.44. The zero-order valence-corrected chi connectivity index (χ0v) is 13.9. The summed E-state index contributed by atoms with van der Waals surface area (Å²) in [7, 11) is 0. The second-order valence-electron chi connectivity index (χ2n) is 6.25. The van der Waals surface area contributed by atoms with Crippen LogP contribution in [0.1, 0.15) is 5.56 Å². The fourth-order valence-electron chi connectivity index (χ4n) is 3.18. The molecule has 2 aromatic carbocycles. The summed E-state index contributed by atoms with van der Waals surface area (Å²) in [5.74, 6) is 0.418. The number of carbonyl (C=O) groups excluding carboxylic acids is 1. The van der Waals surface area contributed by atoms with E-state index in [4.69, 9.17) is 4.74 Å². The quantitative estimate of drug-likeness (QED) is 0.730. The van der Waals surface area contributed by atoms with Crippen LogP contribution < -0.4 is 21.3 Å². The molecular weight excluding hydrogens is 334 g/mol. The van der Waals surface area contributed by atoms with E-state index in [1.165, 1.54) is 0 Å². The van der Waals surface area contributed by atoms with Gasteiger partial charge in [-0.05, 0) is 30.2 Å². The van der Waals surface area contributed by atoms with E-state index < -0.39 is 17.2 Å². The fourth-order valence-corrected chi connectivity index (χ4v) is 3.18. The predicted molar refractivity (Wildman–Crippen MR) is 96.4 cm³/mol. The van der Waals surface area contributed by atoms with E-state index in [0.717, 1.165) is 15.9 Å². The lowest BCUT2D eigenvalue weighted by molar-refractivity contribution is -0.122. The number of para-hydroxylation sites is 2. The third-order valence-electron chi connectivity index (χ3n) is 4.44. The maximum Gasteiger partial charge on any atom is 0.329 e. The van der Waals surface area contributed by atoms with Crippen molar-refractivity contribution in [3.63, 3.8) is 0 Å². The first-order chi connectivity index (χ1) is 12.6. The minimum atomic E-state index is -0.603. The zero-order chi connectivity index (χ0) is 18.1. The highest BCUT2D eigenvalue weighted by Crippen LogP contribution is 2.23. The highest BCUT2D eigenvalue weighted by Gasteiger charge is 2.21. The Bertz CT molecular complexity index is 1100. The van der Waals surface area contributed by atoms with Crippen molar-refractivity contribution in [3.05, 3.63) is 74.9 Å². The van der Waals surface area contributed by atoms with Crippen LogP contribution in [-0.4, -0.2) is 28.1 Å². The predicted octanol–water partition coefficient (Wildman–Crippen LogP) is 0.810. The van der Waals surface area contributed by atoms with Crippen molar-refractivity contribution < 1.29 is 9.53 Å². The molecule has 0 aliphatic carbocycles. The molecule has 132 valence electrons. The summed E-state index contributed by atoms with van der Waals surface area (Å²) < 4.78 is 6.55. The van der Waals surface area contributed by atoms with E-state index in [1.807, 2.05) is 24.3 Å². The van der Waals surface area contributed by atoms with Gasteiger partial charge < -0.3 is 15.0 Å². The Morgan fingerprint density at radius 2 is 1.92 bits per heavy atom. The van der Waals surface area contributed by atoms with Gasteiger partial charge in [-0.25, -0.2) is 4.79 Å². The average Bonchev–Trinajstić information content (AvgIpc) is 2.65. The standard InChI is InChI=1S/C19H17N3O4/c23-17(20-13-9-12-5-1-4-8-16(12)26-11-13)10-22-18(24)14-6-2-3-7-15(14)21-19(22)25/h1-8,13H,9-11H2,(H,20,23)(H,21,25)/t13-/m0/s1. The molecule has 7 heteroatoms. The topological polar surface area (TPSA) is 93.2 Å². The van der Waals surface area contributed by atoms with Gasteiger partial charge in [-0.2, -0.15) is 0 Å². The summed E-state index contributed by atoms with van der Waals surface area (Å²) in [5, 5.41) is 3.20. The smallest absolute Gasteiger partial charge is 0.329 e. The Labute approximate surface area is 148 Å². The van der Waals surface area contributed by atoms with E-state index in [1.54, 1.807) is 24.3 Å². The molecule has 4 rings (SSSR count). The zero-order valence-electron chi connectivity index (χ0n) is 13.9. The van der Waals surface area contributed by atoms with E-state index in [-0.39, 0.29) is 12.6 Å². The van der Waals surface area contributed by atoms with Crippen LogP contribution in [0.15, 0.2) is 58.1 Å². The lowest BCUT2D eigenvalue weighted by Crippen LogP contribution is -2.47. The van der Waals surface area contributed by atoms with Gasteiger partial charge in [0.05, 0.1) is 16.9 Å². The van der Waals surface area contributed by atoms with Gasteiger partial charge in [0.15, 0.2) is 0 Å². The van der Waals surface area contributed by atoms with E-state index in [9.17, 15) is 14.4 Å². The minimum Gasteiger partial charge on any atom is -0.491 e. The van der Waals surface area contributed by atoms with Crippen molar-refractivity contribution in [1.82, 2.24) is 14.9 Å². The van der Waals surface area contributed by atoms with Gasteiger partial charge in [-0.15, -0.1) is 0 Å². The van der Waals surface area contributed by atoms with Gasteiger partial charge in [0.25, 0.3) is 5.56 Å². The first kappa shape index (κ1) is 16.1. The third kappa shape index (κ3) is 2.99. The lowest BCUT2D eigenvalue weighted by Gasteiger charge is -2.26. The number of fused-ring (bicyclic) bond motifs is 2. The molecule has 1 aliphatic rings. The molecule has 0 unspecified atom stereocenters. The highest BCUT2D eigenvalue weighted by molar-refractivity contribution is 5.79. The van der Waals surface area contributed by atoms with Gasteiger partial charge in [0, 0.05) is 0 Å². The number of ether oxygens (including phenoxy) is 1. The molecule has 1 atom stereocenters. The Hall–Kier alpha value is -3.35. The van der Waals surface area contributed by atoms with Crippen LogP contribution in [0.4, 0.5) is 0 Å². The number of benzene rings is 2. The number of nitrogens with zero attached hydrogens (tertiary/aromatic N) is 1.